The van der Waals surface area contributed by atoms with E-state index in [4.69, 9.17) is 0 Å². The number of hydrogen-bond acceptors (Lipinski definition) is 3. The molecule has 0 unspecified atom stereocenters. The summed E-state index contributed by atoms with van der Waals surface area (Å²) < 4.78 is 2.09. The quantitative estimate of drug-likeness (QED) is 0.590. The topological polar surface area (TPSA) is 29.9 Å². The molecule has 2 aromatic rings. The highest BCUT2D eigenvalue weighted by Crippen LogP contribution is 2.24. The number of rotatable bonds is 8. The fourth-order valence-electron chi connectivity index (χ4n) is 2.30. The first kappa shape index (κ1) is 16.1. The molecule has 0 atom stereocenters. The molecule has 1 aromatic heterocycles. The number of nitrogens with one attached hydrogen (secondary N) is 1. The molecule has 1 heterocycles. The first-order valence-electron chi connectivity index (χ1n) is 7.68. The van der Waals surface area contributed by atoms with Crippen LogP contribution in [-0.2, 0) is 18.8 Å². The lowest BCUT2D eigenvalue weighted by Crippen LogP contribution is -2.13. The predicted molar refractivity (Wildman–Crippen MR) is 90.6 cm³/mol. The number of nitrogens with zero attached hydrogens (tertiary/aromatic N) is 2. The zero-order valence-electron chi connectivity index (χ0n) is 13.2. The Labute approximate surface area is 132 Å². The van der Waals surface area contributed by atoms with E-state index in [1.165, 1.54) is 22.6 Å². The third-order valence-corrected chi connectivity index (χ3v) is 4.35. The van der Waals surface area contributed by atoms with Crippen LogP contribution < -0.4 is 5.32 Å². The Morgan fingerprint density at radius 3 is 2.86 bits per heavy atom. The van der Waals surface area contributed by atoms with E-state index in [1.54, 1.807) is 0 Å². The molecular formula is C17H25N3S. The molecule has 0 fully saturated rings. The van der Waals surface area contributed by atoms with Gasteiger partial charge in [0.1, 0.15) is 0 Å². The van der Waals surface area contributed by atoms with Crippen molar-refractivity contribution in [2.24, 2.45) is 0 Å². The maximum absolute atomic E-state index is 4.50. The number of benzene rings is 1. The van der Waals surface area contributed by atoms with Gasteiger partial charge in [0, 0.05) is 29.4 Å². The summed E-state index contributed by atoms with van der Waals surface area (Å²) in [4.78, 5) is 1.33. The molecule has 0 aliphatic carbocycles. The molecule has 0 bridgehead atoms. The lowest BCUT2D eigenvalue weighted by atomic mass is 10.2. The summed E-state index contributed by atoms with van der Waals surface area (Å²) in [5.74, 6) is 0.973. The summed E-state index contributed by atoms with van der Waals surface area (Å²) in [5.41, 5.74) is 3.76. The van der Waals surface area contributed by atoms with Crippen LogP contribution in [0.25, 0.3) is 0 Å². The number of thioether (sulfide) groups is 1. The van der Waals surface area contributed by atoms with Crippen LogP contribution in [0.15, 0.2) is 35.2 Å². The Hall–Kier alpha value is -1.26. The van der Waals surface area contributed by atoms with Crippen molar-refractivity contribution in [3.8, 4) is 0 Å². The third kappa shape index (κ3) is 4.90. The van der Waals surface area contributed by atoms with E-state index < -0.39 is 0 Å². The second-order valence-electron chi connectivity index (χ2n) is 5.21. The van der Waals surface area contributed by atoms with Crippen LogP contribution in [0.3, 0.4) is 0 Å². The molecule has 0 radical (unpaired) electrons. The van der Waals surface area contributed by atoms with E-state index in [1.807, 2.05) is 11.8 Å². The summed E-state index contributed by atoms with van der Waals surface area (Å²) in [6.45, 7) is 9.35. The predicted octanol–water partition coefficient (Wildman–Crippen LogP) is 4.00. The van der Waals surface area contributed by atoms with Crippen molar-refractivity contribution in [3.05, 3.63) is 47.3 Å². The zero-order valence-corrected chi connectivity index (χ0v) is 14.0. The van der Waals surface area contributed by atoms with E-state index in [-0.39, 0.29) is 0 Å². The molecule has 0 saturated carbocycles. The molecule has 3 nitrogen and oxygen atoms in total. The van der Waals surface area contributed by atoms with Gasteiger partial charge in [-0.3, -0.25) is 4.68 Å². The van der Waals surface area contributed by atoms with Crippen molar-refractivity contribution in [3.63, 3.8) is 0 Å². The van der Waals surface area contributed by atoms with Crippen LogP contribution >= 0.6 is 11.8 Å². The van der Waals surface area contributed by atoms with Gasteiger partial charge in [-0.2, -0.15) is 5.10 Å². The summed E-state index contributed by atoms with van der Waals surface area (Å²) in [7, 11) is 0. The molecule has 0 aliphatic heterocycles. The molecule has 4 heteroatoms. The Balaban J connectivity index is 1.94. The number of aromatic nitrogens is 2. The molecule has 0 aliphatic rings. The van der Waals surface area contributed by atoms with Gasteiger partial charge in [-0.1, -0.05) is 19.1 Å². The highest BCUT2D eigenvalue weighted by atomic mass is 32.2. The van der Waals surface area contributed by atoms with Gasteiger partial charge in [0.2, 0.25) is 0 Å². The van der Waals surface area contributed by atoms with Gasteiger partial charge >= 0.3 is 0 Å². The molecule has 21 heavy (non-hydrogen) atoms. The highest BCUT2D eigenvalue weighted by Gasteiger charge is 2.05. The zero-order chi connectivity index (χ0) is 15.1. The second-order valence-corrected chi connectivity index (χ2v) is 6.25. The van der Waals surface area contributed by atoms with E-state index in [0.29, 0.717) is 0 Å². The fourth-order valence-corrected chi connectivity index (χ4v) is 3.26. The van der Waals surface area contributed by atoms with Crippen molar-refractivity contribution < 1.29 is 0 Å². The van der Waals surface area contributed by atoms with Gasteiger partial charge in [0.15, 0.2) is 0 Å². The Morgan fingerprint density at radius 1 is 1.24 bits per heavy atom. The minimum Gasteiger partial charge on any atom is -0.313 e. The van der Waals surface area contributed by atoms with Crippen molar-refractivity contribution in [1.29, 1.82) is 0 Å². The van der Waals surface area contributed by atoms with Crippen molar-refractivity contribution in [2.75, 3.05) is 6.54 Å². The smallest absolute Gasteiger partial charge is 0.0596 e. The van der Waals surface area contributed by atoms with Gasteiger partial charge in [0.25, 0.3) is 0 Å². The number of aryl methyl sites for hydroxylation is 2. The van der Waals surface area contributed by atoms with E-state index in [2.05, 4.69) is 66.2 Å². The minimum atomic E-state index is 0.935. The first-order valence-corrected chi connectivity index (χ1v) is 8.67. The van der Waals surface area contributed by atoms with E-state index in [0.717, 1.165) is 31.1 Å². The fraction of sp³-hybridized carbons (Fsp3) is 0.471. The van der Waals surface area contributed by atoms with Crippen LogP contribution in [0.4, 0.5) is 0 Å². The van der Waals surface area contributed by atoms with Crippen LogP contribution in [0, 0.1) is 6.92 Å². The lowest BCUT2D eigenvalue weighted by Gasteiger charge is -2.07. The van der Waals surface area contributed by atoms with Crippen LogP contribution in [0.1, 0.15) is 37.2 Å². The largest absolute Gasteiger partial charge is 0.313 e. The maximum Gasteiger partial charge on any atom is 0.0596 e. The summed E-state index contributed by atoms with van der Waals surface area (Å²) in [6, 6.07) is 11.0. The Kier molecular flexibility index (Phi) is 6.33. The van der Waals surface area contributed by atoms with Crippen molar-refractivity contribution in [2.45, 2.75) is 50.9 Å². The van der Waals surface area contributed by atoms with Crippen LogP contribution in [-0.4, -0.2) is 16.3 Å². The third-order valence-electron chi connectivity index (χ3n) is 3.33. The average Bonchev–Trinajstić information content (AvgIpc) is 2.86. The maximum atomic E-state index is 4.50. The molecule has 2 rings (SSSR count). The minimum absolute atomic E-state index is 0.935. The molecule has 0 saturated heterocycles. The van der Waals surface area contributed by atoms with Gasteiger partial charge in [-0.25, -0.2) is 0 Å². The van der Waals surface area contributed by atoms with E-state index >= 15 is 0 Å². The van der Waals surface area contributed by atoms with E-state index in [9.17, 15) is 0 Å². The SMILES string of the molecule is CCCNCc1cccc(SCc2cc(C)nn2CC)c1. The van der Waals surface area contributed by atoms with Gasteiger partial charge in [-0.05, 0) is 50.6 Å². The first-order chi connectivity index (χ1) is 10.2. The molecule has 0 amide bonds. The number of hydrogen-bond donors (Lipinski definition) is 1. The summed E-state index contributed by atoms with van der Waals surface area (Å²) in [6.07, 6.45) is 1.18. The lowest BCUT2D eigenvalue weighted by molar-refractivity contribution is 0.632. The normalized spacial score (nSPS) is 11.0. The van der Waals surface area contributed by atoms with Crippen LogP contribution in [0.5, 0.6) is 0 Å². The summed E-state index contributed by atoms with van der Waals surface area (Å²) >= 11 is 1.88. The van der Waals surface area contributed by atoms with Crippen molar-refractivity contribution >= 4 is 11.8 Å². The van der Waals surface area contributed by atoms with Gasteiger partial charge in [-0.15, -0.1) is 11.8 Å². The summed E-state index contributed by atoms with van der Waals surface area (Å²) in [5, 5.41) is 7.95. The van der Waals surface area contributed by atoms with Crippen molar-refractivity contribution in [1.82, 2.24) is 15.1 Å². The monoisotopic (exact) mass is 303 g/mol. The molecule has 1 aromatic carbocycles. The van der Waals surface area contributed by atoms with Gasteiger partial charge < -0.3 is 5.32 Å². The van der Waals surface area contributed by atoms with Gasteiger partial charge in [0.05, 0.1) is 5.69 Å². The highest BCUT2D eigenvalue weighted by molar-refractivity contribution is 7.98. The Bertz CT molecular complexity index is 563. The molecule has 0 spiro atoms. The molecular weight excluding hydrogens is 278 g/mol. The average molecular weight is 303 g/mol. The van der Waals surface area contributed by atoms with Crippen LogP contribution in [0.2, 0.25) is 0 Å². The Morgan fingerprint density at radius 2 is 2.10 bits per heavy atom. The molecule has 1 N–H and O–H groups in total. The standard InChI is InChI=1S/C17H25N3S/c1-4-9-18-12-15-7-6-8-17(11-15)21-13-16-10-14(3)19-20(16)5-2/h6-8,10-11,18H,4-5,9,12-13H2,1-3H3. The second kappa shape index (κ2) is 8.25. The molecule has 114 valence electrons.